The Morgan fingerprint density at radius 2 is 1.89 bits per heavy atom. The van der Waals surface area contributed by atoms with Crippen molar-refractivity contribution in [1.82, 2.24) is 4.90 Å². The molecule has 3 N–H and O–H groups in total. The average Bonchev–Trinajstić information content (AvgIpc) is 3.11. The zero-order chi connectivity index (χ0) is 19.4. The summed E-state index contributed by atoms with van der Waals surface area (Å²) in [7, 11) is 0. The number of benzene rings is 2. The van der Waals surface area contributed by atoms with Crippen LogP contribution in [0.5, 0.6) is 0 Å². The van der Waals surface area contributed by atoms with Gasteiger partial charge in [-0.1, -0.05) is 42.5 Å². The predicted octanol–water partition coefficient (Wildman–Crippen LogP) is 3.05. The topological polar surface area (TPSA) is 75.4 Å². The Kier molecular flexibility index (Phi) is 5.61. The van der Waals surface area contributed by atoms with E-state index < -0.39 is 5.41 Å². The summed E-state index contributed by atoms with van der Waals surface area (Å²) in [5.74, 6) is -0.316. The normalized spacial score (nSPS) is 17.6. The van der Waals surface area contributed by atoms with Gasteiger partial charge in [-0.15, -0.1) is 0 Å². The molecular formula is C22H27N3O2. The maximum absolute atomic E-state index is 12.8. The molecular weight excluding hydrogens is 338 g/mol. The van der Waals surface area contributed by atoms with Gasteiger partial charge in [0.2, 0.25) is 11.8 Å². The molecule has 1 aliphatic rings. The van der Waals surface area contributed by atoms with Crippen molar-refractivity contribution in [3.8, 4) is 0 Å². The summed E-state index contributed by atoms with van der Waals surface area (Å²) in [6.45, 7) is 5.36. The molecule has 142 valence electrons. The Hall–Kier alpha value is -2.66. The minimum absolute atomic E-state index is 0.0537. The molecule has 0 spiro atoms. The Bertz CT molecular complexity index is 817. The third-order valence-corrected chi connectivity index (χ3v) is 5.33. The zero-order valence-electron chi connectivity index (χ0n) is 15.9. The second-order valence-electron chi connectivity index (χ2n) is 7.68. The number of primary amides is 1. The first-order valence-electron chi connectivity index (χ1n) is 9.37. The van der Waals surface area contributed by atoms with E-state index in [9.17, 15) is 9.59 Å². The molecule has 27 heavy (non-hydrogen) atoms. The monoisotopic (exact) mass is 365 g/mol. The average molecular weight is 365 g/mol. The number of carbonyl (C=O) groups excluding carboxylic acids is 2. The molecule has 0 aliphatic carbocycles. The van der Waals surface area contributed by atoms with Crippen molar-refractivity contribution in [3.63, 3.8) is 0 Å². The summed E-state index contributed by atoms with van der Waals surface area (Å²) in [4.78, 5) is 26.5. The number of nitrogens with two attached hydrogens (primary N) is 1. The van der Waals surface area contributed by atoms with Crippen molar-refractivity contribution in [3.05, 3.63) is 65.7 Å². The number of nitrogens with one attached hydrogen (secondary N) is 1. The number of hydrogen-bond acceptors (Lipinski definition) is 3. The fourth-order valence-corrected chi connectivity index (χ4v) is 3.59. The van der Waals surface area contributed by atoms with Crippen LogP contribution in [0.25, 0.3) is 0 Å². The highest BCUT2D eigenvalue weighted by Crippen LogP contribution is 2.26. The van der Waals surface area contributed by atoms with Gasteiger partial charge in [-0.2, -0.15) is 0 Å². The van der Waals surface area contributed by atoms with Gasteiger partial charge in [0.15, 0.2) is 0 Å². The van der Waals surface area contributed by atoms with E-state index in [0.717, 1.165) is 36.2 Å². The second kappa shape index (κ2) is 7.92. The molecule has 0 bridgehead atoms. The van der Waals surface area contributed by atoms with Gasteiger partial charge in [0, 0.05) is 12.2 Å². The molecule has 2 aromatic rings. The number of rotatable bonds is 6. The van der Waals surface area contributed by atoms with Gasteiger partial charge in [-0.25, -0.2) is 0 Å². The quantitative estimate of drug-likeness (QED) is 0.826. The van der Waals surface area contributed by atoms with E-state index in [-0.39, 0.29) is 17.9 Å². The minimum atomic E-state index is -0.636. The van der Waals surface area contributed by atoms with Crippen LogP contribution in [0, 0.1) is 0 Å². The summed E-state index contributed by atoms with van der Waals surface area (Å²) >= 11 is 0. The van der Waals surface area contributed by atoms with Crippen LogP contribution >= 0.6 is 0 Å². The van der Waals surface area contributed by atoms with Crippen molar-refractivity contribution < 1.29 is 9.59 Å². The van der Waals surface area contributed by atoms with Crippen molar-refractivity contribution >= 4 is 17.5 Å². The predicted molar refractivity (Wildman–Crippen MR) is 107 cm³/mol. The van der Waals surface area contributed by atoms with Crippen molar-refractivity contribution in [2.75, 3.05) is 11.9 Å². The third kappa shape index (κ3) is 4.37. The summed E-state index contributed by atoms with van der Waals surface area (Å²) < 4.78 is 0. The van der Waals surface area contributed by atoms with E-state index in [1.807, 2.05) is 68.4 Å². The van der Waals surface area contributed by atoms with E-state index in [1.165, 1.54) is 0 Å². The number of likely N-dealkylation sites (tertiary alicyclic amines) is 1. The molecule has 0 unspecified atom stereocenters. The van der Waals surface area contributed by atoms with Crippen LogP contribution in [0.2, 0.25) is 0 Å². The van der Waals surface area contributed by atoms with Crippen LogP contribution in [0.1, 0.15) is 37.8 Å². The van der Waals surface area contributed by atoms with E-state index in [4.69, 9.17) is 5.73 Å². The molecule has 2 amide bonds. The highest BCUT2D eigenvalue weighted by Gasteiger charge is 2.30. The van der Waals surface area contributed by atoms with Crippen LogP contribution in [0.3, 0.4) is 0 Å². The lowest BCUT2D eigenvalue weighted by Gasteiger charge is -2.25. The number of anilines is 1. The first-order valence-corrected chi connectivity index (χ1v) is 9.37. The summed E-state index contributed by atoms with van der Waals surface area (Å²) in [5, 5.41) is 3.03. The SMILES string of the molecule is CC(C)(C(=O)Nc1cccc(CN2CCC[C@@H]2C(N)=O)c1)c1ccccc1. The first kappa shape index (κ1) is 19.1. The van der Waals surface area contributed by atoms with Crippen LogP contribution < -0.4 is 11.1 Å². The molecule has 2 aromatic carbocycles. The number of nitrogens with zero attached hydrogens (tertiary/aromatic N) is 1. The first-order chi connectivity index (χ1) is 12.9. The van der Waals surface area contributed by atoms with E-state index in [1.54, 1.807) is 0 Å². The molecule has 0 radical (unpaired) electrons. The third-order valence-electron chi connectivity index (χ3n) is 5.33. The molecule has 1 atom stereocenters. The Balaban J connectivity index is 1.70. The lowest BCUT2D eigenvalue weighted by Crippen LogP contribution is -2.39. The van der Waals surface area contributed by atoms with Crippen molar-refractivity contribution in [1.29, 1.82) is 0 Å². The molecule has 0 saturated carbocycles. The van der Waals surface area contributed by atoms with Gasteiger partial charge in [-0.05, 0) is 56.5 Å². The lowest BCUT2D eigenvalue weighted by atomic mass is 9.83. The van der Waals surface area contributed by atoms with Gasteiger partial charge < -0.3 is 11.1 Å². The second-order valence-corrected chi connectivity index (χ2v) is 7.68. The molecule has 5 heteroatoms. The maximum atomic E-state index is 12.8. The van der Waals surface area contributed by atoms with Gasteiger partial charge >= 0.3 is 0 Å². The smallest absolute Gasteiger partial charge is 0.234 e. The molecule has 1 aliphatic heterocycles. The zero-order valence-corrected chi connectivity index (χ0v) is 15.9. The molecule has 3 rings (SSSR count). The Morgan fingerprint density at radius 3 is 2.59 bits per heavy atom. The standard InChI is InChI=1S/C22H27N3O2/c1-22(2,17-9-4-3-5-10-17)21(27)24-18-11-6-8-16(14-18)15-25-13-7-12-19(25)20(23)26/h3-6,8-11,14,19H,7,12-13,15H2,1-2H3,(H2,23,26)(H,24,27)/t19-/m1/s1. The highest BCUT2D eigenvalue weighted by atomic mass is 16.2. The number of hydrogen-bond donors (Lipinski definition) is 2. The van der Waals surface area contributed by atoms with Crippen LogP contribution in [-0.4, -0.2) is 29.3 Å². The van der Waals surface area contributed by atoms with Gasteiger partial charge in [-0.3, -0.25) is 14.5 Å². The van der Waals surface area contributed by atoms with Gasteiger partial charge in [0.05, 0.1) is 11.5 Å². The molecule has 1 saturated heterocycles. The van der Waals surface area contributed by atoms with Gasteiger partial charge in [0.25, 0.3) is 0 Å². The fourth-order valence-electron chi connectivity index (χ4n) is 3.59. The van der Waals surface area contributed by atoms with Crippen molar-refractivity contribution in [2.24, 2.45) is 5.73 Å². The van der Waals surface area contributed by atoms with E-state index >= 15 is 0 Å². The maximum Gasteiger partial charge on any atom is 0.234 e. The Labute approximate surface area is 160 Å². The van der Waals surface area contributed by atoms with E-state index in [0.29, 0.717) is 6.54 Å². The molecule has 1 heterocycles. The fraction of sp³-hybridized carbons (Fsp3) is 0.364. The van der Waals surface area contributed by atoms with Crippen LogP contribution in [0.4, 0.5) is 5.69 Å². The van der Waals surface area contributed by atoms with Crippen molar-refractivity contribution in [2.45, 2.75) is 44.7 Å². The van der Waals surface area contributed by atoms with E-state index in [2.05, 4.69) is 10.2 Å². The largest absolute Gasteiger partial charge is 0.368 e. The summed E-state index contributed by atoms with van der Waals surface area (Å²) in [5.41, 5.74) is 7.65. The number of amides is 2. The molecule has 1 fully saturated rings. The lowest BCUT2D eigenvalue weighted by molar-refractivity contribution is -0.122. The molecule has 5 nitrogen and oxygen atoms in total. The Morgan fingerprint density at radius 1 is 1.15 bits per heavy atom. The highest BCUT2D eigenvalue weighted by molar-refractivity contribution is 5.98. The number of carbonyl (C=O) groups is 2. The van der Waals surface area contributed by atoms with Gasteiger partial charge in [0.1, 0.15) is 0 Å². The molecule has 0 aromatic heterocycles. The van der Waals surface area contributed by atoms with Crippen LogP contribution in [-0.2, 0) is 21.5 Å². The summed E-state index contributed by atoms with van der Waals surface area (Å²) in [6.07, 6.45) is 1.80. The van der Waals surface area contributed by atoms with Crippen LogP contribution in [0.15, 0.2) is 54.6 Å². The summed E-state index contributed by atoms with van der Waals surface area (Å²) in [6, 6.07) is 17.4. The minimum Gasteiger partial charge on any atom is -0.368 e.